The molecule has 0 aromatic heterocycles. The Balaban J connectivity index is 3.00. The summed E-state index contributed by atoms with van der Waals surface area (Å²) in [6, 6.07) is 4.65. The fourth-order valence-corrected chi connectivity index (χ4v) is 2.11. The highest BCUT2D eigenvalue weighted by Gasteiger charge is 2.24. The van der Waals surface area contributed by atoms with Gasteiger partial charge in [0.1, 0.15) is 17.5 Å². The van der Waals surface area contributed by atoms with E-state index in [-0.39, 0.29) is 17.7 Å². The predicted molar refractivity (Wildman–Crippen MR) is 89.9 cm³/mol. The Bertz CT molecular complexity index is 543. The van der Waals surface area contributed by atoms with Crippen LogP contribution in [0, 0.1) is 5.92 Å². The van der Waals surface area contributed by atoms with Gasteiger partial charge in [0, 0.05) is 13.0 Å². The van der Waals surface area contributed by atoms with E-state index in [9.17, 15) is 9.59 Å². The van der Waals surface area contributed by atoms with Crippen LogP contribution in [0.25, 0.3) is 0 Å². The predicted octanol–water partition coefficient (Wildman–Crippen LogP) is 2.58. The first-order valence-corrected chi connectivity index (χ1v) is 7.86. The summed E-state index contributed by atoms with van der Waals surface area (Å²) in [6.45, 7) is 9.92. The van der Waals surface area contributed by atoms with Crippen LogP contribution in [0.5, 0.6) is 11.5 Å². The Kier molecular flexibility index (Phi) is 7.38. The number of hydrogen-bond donors (Lipinski definition) is 2. The quantitative estimate of drug-likeness (QED) is 0.771. The van der Waals surface area contributed by atoms with Crippen LogP contribution >= 0.6 is 0 Å². The summed E-state index contributed by atoms with van der Waals surface area (Å²) in [5.41, 5.74) is 0.527. The van der Waals surface area contributed by atoms with E-state index in [1.807, 2.05) is 27.7 Å². The van der Waals surface area contributed by atoms with Gasteiger partial charge in [-0.15, -0.1) is 0 Å². The number of carbonyl (C=O) groups excluding carboxylic acids is 2. The third-order valence-corrected chi connectivity index (χ3v) is 3.13. The standard InChI is InChI=1S/C17H26N2O4/c1-6-22-13-8-9-15(23-7-2)14(10-13)19-17(21)16(11(3)4)18-12(5)20/h8-11,16H,6-7H2,1-5H3,(H,18,20)(H,19,21)/t16-/m1/s1. The van der Waals surface area contributed by atoms with Gasteiger partial charge >= 0.3 is 0 Å². The first kappa shape index (κ1) is 18.8. The maximum absolute atomic E-state index is 12.5. The number of amides is 2. The molecular weight excluding hydrogens is 296 g/mol. The zero-order valence-electron chi connectivity index (χ0n) is 14.4. The molecule has 1 aromatic carbocycles. The average molecular weight is 322 g/mol. The number of anilines is 1. The van der Waals surface area contributed by atoms with Crippen molar-refractivity contribution in [2.24, 2.45) is 5.92 Å². The molecule has 6 heteroatoms. The van der Waals surface area contributed by atoms with Crippen LogP contribution in [0.4, 0.5) is 5.69 Å². The minimum atomic E-state index is -0.613. The van der Waals surface area contributed by atoms with E-state index in [4.69, 9.17) is 9.47 Å². The van der Waals surface area contributed by atoms with Crippen molar-refractivity contribution in [3.8, 4) is 11.5 Å². The molecular formula is C17H26N2O4. The zero-order chi connectivity index (χ0) is 17.4. The Morgan fingerprint density at radius 2 is 1.78 bits per heavy atom. The molecule has 0 aliphatic carbocycles. The van der Waals surface area contributed by atoms with E-state index in [1.165, 1.54) is 6.92 Å². The Morgan fingerprint density at radius 3 is 2.30 bits per heavy atom. The fraction of sp³-hybridized carbons (Fsp3) is 0.529. The summed E-state index contributed by atoms with van der Waals surface area (Å²) in [4.78, 5) is 23.8. The van der Waals surface area contributed by atoms with Crippen LogP contribution in [0.15, 0.2) is 18.2 Å². The highest BCUT2D eigenvalue weighted by atomic mass is 16.5. The number of nitrogens with one attached hydrogen (secondary N) is 2. The van der Waals surface area contributed by atoms with Gasteiger partial charge in [0.05, 0.1) is 18.9 Å². The van der Waals surface area contributed by atoms with Crippen molar-refractivity contribution in [2.75, 3.05) is 18.5 Å². The molecule has 0 aliphatic rings. The molecule has 2 N–H and O–H groups in total. The highest BCUT2D eigenvalue weighted by molar-refractivity contribution is 5.98. The lowest BCUT2D eigenvalue weighted by molar-refractivity contribution is -0.126. The molecule has 0 spiro atoms. The number of rotatable bonds is 8. The number of carbonyl (C=O) groups is 2. The number of ether oxygens (including phenoxy) is 2. The van der Waals surface area contributed by atoms with E-state index in [0.29, 0.717) is 30.4 Å². The van der Waals surface area contributed by atoms with Crippen molar-refractivity contribution < 1.29 is 19.1 Å². The van der Waals surface area contributed by atoms with E-state index in [2.05, 4.69) is 10.6 Å². The molecule has 1 aromatic rings. The molecule has 0 aliphatic heterocycles. The van der Waals surface area contributed by atoms with Crippen LogP contribution in [-0.4, -0.2) is 31.1 Å². The molecule has 0 saturated carbocycles. The highest BCUT2D eigenvalue weighted by Crippen LogP contribution is 2.29. The molecule has 0 heterocycles. The maximum atomic E-state index is 12.5. The molecule has 0 unspecified atom stereocenters. The first-order chi connectivity index (χ1) is 10.9. The monoisotopic (exact) mass is 322 g/mol. The van der Waals surface area contributed by atoms with Gasteiger partial charge in [-0.25, -0.2) is 0 Å². The van der Waals surface area contributed by atoms with E-state index < -0.39 is 6.04 Å². The van der Waals surface area contributed by atoms with E-state index in [0.717, 1.165) is 0 Å². The van der Waals surface area contributed by atoms with Crippen molar-refractivity contribution in [1.82, 2.24) is 5.32 Å². The maximum Gasteiger partial charge on any atom is 0.247 e. The third kappa shape index (κ3) is 5.81. The van der Waals surface area contributed by atoms with Crippen molar-refractivity contribution in [3.05, 3.63) is 18.2 Å². The van der Waals surface area contributed by atoms with Gasteiger partial charge in [-0.1, -0.05) is 13.8 Å². The second kappa shape index (κ2) is 9.02. The number of hydrogen-bond acceptors (Lipinski definition) is 4. The summed E-state index contributed by atoms with van der Waals surface area (Å²) in [5, 5.41) is 5.49. The minimum Gasteiger partial charge on any atom is -0.494 e. The third-order valence-electron chi connectivity index (χ3n) is 3.13. The Labute approximate surface area is 137 Å². The van der Waals surface area contributed by atoms with E-state index >= 15 is 0 Å². The van der Waals surface area contributed by atoms with Crippen molar-refractivity contribution in [2.45, 2.75) is 40.7 Å². The SMILES string of the molecule is CCOc1ccc(OCC)c(NC(=O)[C@H](NC(C)=O)C(C)C)c1. The number of benzene rings is 1. The van der Waals surface area contributed by atoms with Crippen LogP contribution in [-0.2, 0) is 9.59 Å². The van der Waals surface area contributed by atoms with Gasteiger partial charge in [0.15, 0.2) is 0 Å². The lowest BCUT2D eigenvalue weighted by atomic mass is 10.0. The van der Waals surface area contributed by atoms with Crippen LogP contribution < -0.4 is 20.1 Å². The summed E-state index contributed by atoms with van der Waals surface area (Å²) in [7, 11) is 0. The normalized spacial score (nSPS) is 11.7. The minimum absolute atomic E-state index is 0.0375. The van der Waals surface area contributed by atoms with Gasteiger partial charge < -0.3 is 20.1 Å². The van der Waals surface area contributed by atoms with Crippen molar-refractivity contribution >= 4 is 17.5 Å². The second-order valence-electron chi connectivity index (χ2n) is 5.44. The summed E-state index contributed by atoms with van der Waals surface area (Å²) < 4.78 is 11.0. The molecule has 0 bridgehead atoms. The molecule has 2 amide bonds. The van der Waals surface area contributed by atoms with Gasteiger partial charge in [0.2, 0.25) is 11.8 Å². The summed E-state index contributed by atoms with van der Waals surface area (Å²) in [5.74, 6) is 0.641. The molecule has 1 rings (SSSR count). The van der Waals surface area contributed by atoms with Crippen molar-refractivity contribution in [1.29, 1.82) is 0 Å². The van der Waals surface area contributed by atoms with Gasteiger partial charge in [0.25, 0.3) is 0 Å². The van der Waals surface area contributed by atoms with Crippen LogP contribution in [0.3, 0.4) is 0 Å². The summed E-state index contributed by atoms with van der Waals surface area (Å²) >= 11 is 0. The topological polar surface area (TPSA) is 76.7 Å². The molecule has 0 radical (unpaired) electrons. The van der Waals surface area contributed by atoms with Crippen LogP contribution in [0.1, 0.15) is 34.6 Å². The lowest BCUT2D eigenvalue weighted by Gasteiger charge is -2.22. The molecule has 6 nitrogen and oxygen atoms in total. The Hall–Kier alpha value is -2.24. The van der Waals surface area contributed by atoms with Gasteiger partial charge in [-0.05, 0) is 31.9 Å². The largest absolute Gasteiger partial charge is 0.494 e. The fourth-order valence-electron chi connectivity index (χ4n) is 2.11. The smallest absolute Gasteiger partial charge is 0.247 e. The molecule has 1 atom stereocenters. The summed E-state index contributed by atoms with van der Waals surface area (Å²) in [6.07, 6.45) is 0. The second-order valence-corrected chi connectivity index (χ2v) is 5.44. The zero-order valence-corrected chi connectivity index (χ0v) is 14.4. The van der Waals surface area contributed by atoms with Crippen LogP contribution in [0.2, 0.25) is 0 Å². The molecule has 0 saturated heterocycles. The molecule has 0 fully saturated rings. The average Bonchev–Trinajstić information content (AvgIpc) is 2.47. The van der Waals surface area contributed by atoms with Gasteiger partial charge in [-0.2, -0.15) is 0 Å². The molecule has 128 valence electrons. The van der Waals surface area contributed by atoms with Gasteiger partial charge in [-0.3, -0.25) is 9.59 Å². The Morgan fingerprint density at radius 1 is 1.13 bits per heavy atom. The van der Waals surface area contributed by atoms with E-state index in [1.54, 1.807) is 18.2 Å². The lowest BCUT2D eigenvalue weighted by Crippen LogP contribution is -2.46. The molecule has 23 heavy (non-hydrogen) atoms. The van der Waals surface area contributed by atoms with Crippen molar-refractivity contribution in [3.63, 3.8) is 0 Å². The first-order valence-electron chi connectivity index (χ1n) is 7.86.